The Morgan fingerprint density at radius 2 is 2.22 bits per heavy atom. The Balaban J connectivity index is 2.05. The molecule has 1 heterocycles. The quantitative estimate of drug-likeness (QED) is 0.727. The third-order valence-electron chi connectivity index (χ3n) is 2.81. The van der Waals surface area contributed by atoms with Gasteiger partial charge in [0, 0.05) is 6.54 Å². The summed E-state index contributed by atoms with van der Waals surface area (Å²) >= 11 is 1.57. The van der Waals surface area contributed by atoms with Gasteiger partial charge >= 0.3 is 0 Å². The molecule has 0 amide bonds. The number of nitrogen functional groups attached to an aromatic ring is 1. The molecule has 5 heteroatoms. The van der Waals surface area contributed by atoms with Crippen molar-refractivity contribution in [1.29, 1.82) is 0 Å². The SMILES string of the molecule is CC(C)CC(O)CNc1ccc2scnc2c1N. The van der Waals surface area contributed by atoms with Gasteiger partial charge in [0.25, 0.3) is 0 Å². The minimum Gasteiger partial charge on any atom is -0.395 e. The smallest absolute Gasteiger partial charge is 0.106 e. The molecule has 4 nitrogen and oxygen atoms in total. The normalized spacial score (nSPS) is 13.1. The summed E-state index contributed by atoms with van der Waals surface area (Å²) in [6.45, 7) is 4.70. The van der Waals surface area contributed by atoms with Crippen LogP contribution < -0.4 is 11.1 Å². The van der Waals surface area contributed by atoms with E-state index in [1.807, 2.05) is 12.1 Å². The maximum atomic E-state index is 9.83. The maximum absolute atomic E-state index is 9.83. The molecule has 0 saturated carbocycles. The van der Waals surface area contributed by atoms with E-state index in [4.69, 9.17) is 5.73 Å². The number of nitrogens with one attached hydrogen (secondary N) is 1. The lowest BCUT2D eigenvalue weighted by molar-refractivity contribution is 0.161. The molecule has 1 unspecified atom stereocenters. The van der Waals surface area contributed by atoms with Crippen molar-refractivity contribution in [1.82, 2.24) is 4.98 Å². The molecule has 1 aromatic carbocycles. The van der Waals surface area contributed by atoms with E-state index in [0.29, 0.717) is 18.2 Å². The highest BCUT2D eigenvalue weighted by Gasteiger charge is 2.10. The van der Waals surface area contributed by atoms with Crippen molar-refractivity contribution >= 4 is 32.9 Å². The van der Waals surface area contributed by atoms with Crippen LogP contribution >= 0.6 is 11.3 Å². The Kier molecular flexibility index (Phi) is 4.04. The van der Waals surface area contributed by atoms with Gasteiger partial charge in [-0.25, -0.2) is 4.98 Å². The molecule has 0 radical (unpaired) electrons. The van der Waals surface area contributed by atoms with E-state index in [0.717, 1.165) is 22.3 Å². The average Bonchev–Trinajstić information content (AvgIpc) is 2.76. The van der Waals surface area contributed by atoms with E-state index in [1.165, 1.54) is 0 Å². The number of hydrogen-bond donors (Lipinski definition) is 3. The number of anilines is 2. The van der Waals surface area contributed by atoms with Crippen LogP contribution in [0.4, 0.5) is 11.4 Å². The highest BCUT2D eigenvalue weighted by molar-refractivity contribution is 7.16. The zero-order chi connectivity index (χ0) is 13.1. The summed E-state index contributed by atoms with van der Waals surface area (Å²) in [4.78, 5) is 4.25. The number of hydrogen-bond acceptors (Lipinski definition) is 5. The second-order valence-corrected chi connectivity index (χ2v) is 5.78. The molecule has 2 aromatic rings. The van der Waals surface area contributed by atoms with Gasteiger partial charge in [0.1, 0.15) is 5.52 Å². The van der Waals surface area contributed by atoms with Crippen LogP contribution in [0.3, 0.4) is 0 Å². The fraction of sp³-hybridized carbons (Fsp3) is 0.462. The predicted molar refractivity (Wildman–Crippen MR) is 78.0 cm³/mol. The molecule has 0 aliphatic carbocycles. The fourth-order valence-electron chi connectivity index (χ4n) is 1.96. The zero-order valence-corrected chi connectivity index (χ0v) is 11.5. The monoisotopic (exact) mass is 265 g/mol. The first-order valence-electron chi connectivity index (χ1n) is 6.11. The number of nitrogens with zero attached hydrogens (tertiary/aromatic N) is 1. The van der Waals surface area contributed by atoms with Crippen molar-refractivity contribution in [3.63, 3.8) is 0 Å². The van der Waals surface area contributed by atoms with Gasteiger partial charge in [-0.2, -0.15) is 0 Å². The molecule has 1 atom stereocenters. The van der Waals surface area contributed by atoms with Gasteiger partial charge in [-0.3, -0.25) is 0 Å². The molecular formula is C13H19N3OS. The van der Waals surface area contributed by atoms with Gasteiger partial charge in [0.15, 0.2) is 0 Å². The largest absolute Gasteiger partial charge is 0.395 e. The van der Waals surface area contributed by atoms with E-state index >= 15 is 0 Å². The minimum absolute atomic E-state index is 0.351. The van der Waals surface area contributed by atoms with Gasteiger partial charge in [-0.1, -0.05) is 13.8 Å². The number of rotatable bonds is 5. The van der Waals surface area contributed by atoms with Crippen molar-refractivity contribution in [2.45, 2.75) is 26.4 Å². The molecular weight excluding hydrogens is 246 g/mol. The Bertz CT molecular complexity index is 524. The first-order valence-corrected chi connectivity index (χ1v) is 6.99. The van der Waals surface area contributed by atoms with Gasteiger partial charge in [-0.05, 0) is 24.5 Å². The van der Waals surface area contributed by atoms with E-state index in [-0.39, 0.29) is 6.10 Å². The average molecular weight is 265 g/mol. The number of nitrogens with two attached hydrogens (primary N) is 1. The maximum Gasteiger partial charge on any atom is 0.106 e. The molecule has 0 fully saturated rings. The van der Waals surface area contributed by atoms with Crippen LogP contribution in [0.5, 0.6) is 0 Å². The van der Waals surface area contributed by atoms with Gasteiger partial charge in [0.05, 0.1) is 27.7 Å². The zero-order valence-electron chi connectivity index (χ0n) is 10.7. The topological polar surface area (TPSA) is 71.2 Å². The van der Waals surface area contributed by atoms with Crippen molar-refractivity contribution in [3.05, 3.63) is 17.6 Å². The highest BCUT2D eigenvalue weighted by Crippen LogP contribution is 2.29. The highest BCUT2D eigenvalue weighted by atomic mass is 32.1. The Hall–Kier alpha value is -1.33. The first-order chi connectivity index (χ1) is 8.58. The van der Waals surface area contributed by atoms with Crippen LogP contribution in [-0.4, -0.2) is 22.7 Å². The summed E-state index contributed by atoms with van der Waals surface area (Å²) in [6.07, 6.45) is 0.432. The number of benzene rings is 1. The van der Waals surface area contributed by atoms with Crippen LogP contribution in [0.2, 0.25) is 0 Å². The van der Waals surface area contributed by atoms with Gasteiger partial charge < -0.3 is 16.2 Å². The van der Waals surface area contributed by atoms with Crippen molar-refractivity contribution in [2.75, 3.05) is 17.6 Å². The molecule has 0 aliphatic rings. The standard InChI is InChI=1S/C13H19N3OS/c1-8(2)5-9(17)6-15-10-3-4-11-13(12(10)14)16-7-18-11/h3-4,7-9,15,17H,5-6,14H2,1-2H3. The summed E-state index contributed by atoms with van der Waals surface area (Å²) in [5.41, 5.74) is 10.2. The molecule has 0 spiro atoms. The summed E-state index contributed by atoms with van der Waals surface area (Å²) in [6, 6.07) is 3.94. The lowest BCUT2D eigenvalue weighted by Crippen LogP contribution is -2.21. The molecule has 4 N–H and O–H groups in total. The summed E-state index contributed by atoms with van der Waals surface area (Å²) in [5.74, 6) is 0.486. The van der Waals surface area contributed by atoms with Crippen LogP contribution in [0.15, 0.2) is 17.6 Å². The molecule has 0 saturated heterocycles. The summed E-state index contributed by atoms with van der Waals surface area (Å²) in [5, 5.41) is 13.0. The van der Waals surface area contributed by atoms with Crippen molar-refractivity contribution < 1.29 is 5.11 Å². The molecule has 98 valence electrons. The lowest BCUT2D eigenvalue weighted by Gasteiger charge is -2.15. The molecule has 0 aliphatic heterocycles. The number of thiazole rings is 1. The number of aliphatic hydroxyl groups excluding tert-OH is 1. The molecule has 1 aromatic heterocycles. The third-order valence-corrected chi connectivity index (χ3v) is 3.61. The molecule has 2 rings (SSSR count). The number of fused-ring (bicyclic) bond motifs is 1. The van der Waals surface area contributed by atoms with E-state index in [1.54, 1.807) is 16.8 Å². The fourth-order valence-corrected chi connectivity index (χ4v) is 2.65. The van der Waals surface area contributed by atoms with E-state index in [9.17, 15) is 5.11 Å². The third kappa shape index (κ3) is 2.91. The Morgan fingerprint density at radius 3 is 2.94 bits per heavy atom. The lowest BCUT2D eigenvalue weighted by atomic mass is 10.1. The summed E-state index contributed by atoms with van der Waals surface area (Å²) in [7, 11) is 0. The van der Waals surface area contributed by atoms with Crippen LogP contribution in [0.1, 0.15) is 20.3 Å². The summed E-state index contributed by atoms with van der Waals surface area (Å²) < 4.78 is 1.08. The van der Waals surface area contributed by atoms with E-state index in [2.05, 4.69) is 24.1 Å². The van der Waals surface area contributed by atoms with Crippen LogP contribution in [0, 0.1) is 5.92 Å². The van der Waals surface area contributed by atoms with Crippen molar-refractivity contribution in [2.24, 2.45) is 5.92 Å². The Morgan fingerprint density at radius 1 is 1.44 bits per heavy atom. The second-order valence-electron chi connectivity index (χ2n) is 4.89. The van der Waals surface area contributed by atoms with Crippen LogP contribution in [0.25, 0.3) is 10.2 Å². The first kappa shape index (κ1) is 13.1. The van der Waals surface area contributed by atoms with Crippen molar-refractivity contribution in [3.8, 4) is 0 Å². The predicted octanol–water partition coefficient (Wildman–Crippen LogP) is 2.70. The Labute approximate surface area is 111 Å². The number of aliphatic hydroxyl groups is 1. The van der Waals surface area contributed by atoms with Crippen LogP contribution in [-0.2, 0) is 0 Å². The molecule has 0 bridgehead atoms. The molecule has 18 heavy (non-hydrogen) atoms. The van der Waals surface area contributed by atoms with Gasteiger partial charge in [0.2, 0.25) is 0 Å². The second kappa shape index (κ2) is 5.54. The van der Waals surface area contributed by atoms with E-state index < -0.39 is 0 Å². The minimum atomic E-state index is -0.351. The van der Waals surface area contributed by atoms with Gasteiger partial charge in [-0.15, -0.1) is 11.3 Å². The number of aromatic nitrogens is 1.